The summed E-state index contributed by atoms with van der Waals surface area (Å²) in [7, 11) is 0. The summed E-state index contributed by atoms with van der Waals surface area (Å²) in [5.41, 5.74) is 0.585. The third-order valence-electron chi connectivity index (χ3n) is 2.79. The van der Waals surface area contributed by atoms with Crippen LogP contribution in [0.3, 0.4) is 0 Å². The van der Waals surface area contributed by atoms with Crippen molar-refractivity contribution in [1.29, 1.82) is 0 Å². The minimum absolute atomic E-state index is 0.102. The Morgan fingerprint density at radius 2 is 2.15 bits per heavy atom. The number of aryl methyl sites for hydroxylation is 1. The van der Waals surface area contributed by atoms with Crippen molar-refractivity contribution >= 4 is 28.7 Å². The molecule has 0 spiro atoms. The van der Waals surface area contributed by atoms with E-state index in [1.807, 2.05) is 0 Å². The summed E-state index contributed by atoms with van der Waals surface area (Å²) in [6.45, 7) is 1.62. The van der Waals surface area contributed by atoms with E-state index in [0.717, 1.165) is 0 Å². The Morgan fingerprint density at radius 1 is 1.40 bits per heavy atom. The molecular formula is C13H12N2O4S. The van der Waals surface area contributed by atoms with Gasteiger partial charge in [-0.2, -0.15) is 0 Å². The van der Waals surface area contributed by atoms with Crippen LogP contribution in [0, 0.1) is 17.0 Å². The van der Waals surface area contributed by atoms with Gasteiger partial charge in [0.2, 0.25) is 0 Å². The number of thiophene rings is 1. The van der Waals surface area contributed by atoms with Crippen LogP contribution < -0.4 is 5.32 Å². The average molecular weight is 292 g/mol. The maximum Gasteiger partial charge on any atom is 0.331 e. The van der Waals surface area contributed by atoms with E-state index >= 15 is 0 Å². The number of para-hydroxylation sites is 1. The fourth-order valence-corrected chi connectivity index (χ4v) is 2.65. The molecule has 0 aliphatic carbocycles. The lowest BCUT2D eigenvalue weighted by Crippen LogP contribution is -2.20. The predicted molar refractivity (Wildman–Crippen MR) is 76.2 cm³/mol. The predicted octanol–water partition coefficient (Wildman–Crippen LogP) is 3.20. The molecule has 1 heterocycles. The number of benzene rings is 1. The summed E-state index contributed by atoms with van der Waals surface area (Å²) in [4.78, 5) is 22.5. The van der Waals surface area contributed by atoms with Gasteiger partial charge in [-0.05, 0) is 24.4 Å². The van der Waals surface area contributed by atoms with Gasteiger partial charge in [-0.3, -0.25) is 10.1 Å². The molecule has 1 unspecified atom stereocenters. The molecule has 1 atom stereocenters. The number of hydrogen-bond acceptors (Lipinski definition) is 5. The summed E-state index contributed by atoms with van der Waals surface area (Å²) in [5, 5.41) is 24.9. The number of carboxylic acid groups (broad SMARTS) is 1. The Hall–Kier alpha value is -2.41. The number of anilines is 1. The van der Waals surface area contributed by atoms with Gasteiger partial charge in [0.1, 0.15) is 5.69 Å². The van der Waals surface area contributed by atoms with E-state index in [1.54, 1.807) is 36.6 Å². The zero-order chi connectivity index (χ0) is 14.7. The zero-order valence-corrected chi connectivity index (χ0v) is 11.4. The fourth-order valence-electron chi connectivity index (χ4n) is 1.88. The highest BCUT2D eigenvalue weighted by atomic mass is 32.1. The maximum atomic E-state index is 11.3. The highest BCUT2D eigenvalue weighted by Crippen LogP contribution is 2.32. The van der Waals surface area contributed by atoms with Gasteiger partial charge < -0.3 is 10.4 Å². The van der Waals surface area contributed by atoms with Gasteiger partial charge >= 0.3 is 5.97 Å². The van der Waals surface area contributed by atoms with Crippen LogP contribution in [-0.4, -0.2) is 16.0 Å². The fraction of sp³-hybridized carbons (Fsp3) is 0.154. The quantitative estimate of drug-likeness (QED) is 0.652. The first kappa shape index (κ1) is 14.0. The summed E-state index contributed by atoms with van der Waals surface area (Å²) >= 11 is 1.28. The SMILES string of the molecule is Cc1cccc(NC(C(=O)O)c2cccs2)c1[N+](=O)[O-]. The molecule has 20 heavy (non-hydrogen) atoms. The summed E-state index contributed by atoms with van der Waals surface area (Å²) in [6, 6.07) is 7.19. The van der Waals surface area contributed by atoms with Crippen LogP contribution in [0.15, 0.2) is 35.7 Å². The van der Waals surface area contributed by atoms with Crippen molar-refractivity contribution in [2.24, 2.45) is 0 Å². The number of nitrogens with zero attached hydrogens (tertiary/aromatic N) is 1. The molecule has 2 aromatic rings. The monoisotopic (exact) mass is 292 g/mol. The Labute approximate surface area is 118 Å². The van der Waals surface area contributed by atoms with Crippen LogP contribution in [-0.2, 0) is 4.79 Å². The van der Waals surface area contributed by atoms with E-state index < -0.39 is 16.9 Å². The molecule has 6 nitrogen and oxygen atoms in total. The lowest BCUT2D eigenvalue weighted by Gasteiger charge is -2.15. The van der Waals surface area contributed by atoms with Crippen LogP contribution in [0.5, 0.6) is 0 Å². The molecule has 0 amide bonds. The molecule has 104 valence electrons. The number of nitro groups is 1. The van der Waals surface area contributed by atoms with Crippen LogP contribution >= 0.6 is 11.3 Å². The van der Waals surface area contributed by atoms with E-state index in [1.165, 1.54) is 17.4 Å². The Kier molecular flexibility index (Phi) is 3.99. The van der Waals surface area contributed by atoms with Crippen molar-refractivity contribution in [3.8, 4) is 0 Å². The van der Waals surface area contributed by atoms with Crippen LogP contribution in [0.4, 0.5) is 11.4 Å². The highest BCUT2D eigenvalue weighted by molar-refractivity contribution is 7.10. The molecule has 1 aromatic heterocycles. The van der Waals surface area contributed by atoms with Gasteiger partial charge in [0, 0.05) is 10.4 Å². The van der Waals surface area contributed by atoms with Crippen molar-refractivity contribution < 1.29 is 14.8 Å². The summed E-state index contributed by atoms with van der Waals surface area (Å²) in [6.07, 6.45) is 0. The topological polar surface area (TPSA) is 92.5 Å². The second kappa shape index (κ2) is 5.70. The van der Waals surface area contributed by atoms with E-state index in [0.29, 0.717) is 10.4 Å². The normalized spacial score (nSPS) is 11.8. The van der Waals surface area contributed by atoms with E-state index in [4.69, 9.17) is 0 Å². The van der Waals surface area contributed by atoms with E-state index in [-0.39, 0.29) is 11.4 Å². The second-order valence-corrected chi connectivity index (χ2v) is 5.14. The largest absolute Gasteiger partial charge is 0.479 e. The third kappa shape index (κ3) is 2.77. The molecule has 0 aliphatic heterocycles. The van der Waals surface area contributed by atoms with Gasteiger partial charge in [-0.25, -0.2) is 4.79 Å². The number of carboxylic acids is 1. The van der Waals surface area contributed by atoms with Crippen molar-refractivity contribution in [3.05, 3.63) is 56.3 Å². The van der Waals surface area contributed by atoms with Gasteiger partial charge in [0.05, 0.1) is 4.92 Å². The van der Waals surface area contributed by atoms with Gasteiger partial charge in [0.25, 0.3) is 5.69 Å². The second-order valence-electron chi connectivity index (χ2n) is 4.16. The van der Waals surface area contributed by atoms with Gasteiger partial charge in [0.15, 0.2) is 6.04 Å². The molecule has 1 aromatic carbocycles. The Bertz CT molecular complexity index is 640. The number of nitrogens with one attached hydrogen (secondary N) is 1. The summed E-state index contributed by atoms with van der Waals surface area (Å²) in [5.74, 6) is -1.08. The lowest BCUT2D eigenvalue weighted by atomic mass is 10.1. The lowest BCUT2D eigenvalue weighted by molar-refractivity contribution is -0.384. The molecule has 2 N–H and O–H groups in total. The zero-order valence-electron chi connectivity index (χ0n) is 10.6. The highest BCUT2D eigenvalue weighted by Gasteiger charge is 2.25. The third-order valence-corrected chi connectivity index (χ3v) is 3.73. The van der Waals surface area contributed by atoms with Crippen molar-refractivity contribution in [2.75, 3.05) is 5.32 Å². The number of aliphatic carboxylic acids is 1. The molecule has 0 radical (unpaired) electrons. The van der Waals surface area contributed by atoms with Crippen LogP contribution in [0.2, 0.25) is 0 Å². The van der Waals surface area contributed by atoms with E-state index in [2.05, 4.69) is 5.32 Å². The van der Waals surface area contributed by atoms with Gasteiger partial charge in [-0.1, -0.05) is 18.2 Å². The first-order chi connectivity index (χ1) is 9.50. The molecule has 0 saturated carbocycles. The van der Waals surface area contributed by atoms with Crippen LogP contribution in [0.1, 0.15) is 16.5 Å². The van der Waals surface area contributed by atoms with E-state index in [9.17, 15) is 20.0 Å². The molecular weight excluding hydrogens is 280 g/mol. The molecule has 0 fully saturated rings. The van der Waals surface area contributed by atoms with Crippen molar-refractivity contribution in [3.63, 3.8) is 0 Å². The first-order valence-electron chi connectivity index (χ1n) is 5.77. The standard InChI is InChI=1S/C13H12N2O4S/c1-8-4-2-5-9(12(8)15(18)19)14-11(13(16)17)10-6-3-7-20-10/h2-7,11,14H,1H3,(H,16,17). The van der Waals surface area contributed by atoms with Crippen molar-refractivity contribution in [1.82, 2.24) is 0 Å². The molecule has 0 saturated heterocycles. The minimum atomic E-state index is -1.08. The number of nitro benzene ring substituents is 1. The maximum absolute atomic E-state index is 11.3. The number of hydrogen-bond donors (Lipinski definition) is 2. The number of rotatable bonds is 5. The minimum Gasteiger partial charge on any atom is -0.479 e. The number of carbonyl (C=O) groups is 1. The Morgan fingerprint density at radius 3 is 2.70 bits per heavy atom. The molecule has 7 heteroatoms. The van der Waals surface area contributed by atoms with Crippen LogP contribution in [0.25, 0.3) is 0 Å². The Balaban J connectivity index is 2.40. The van der Waals surface area contributed by atoms with Crippen molar-refractivity contribution in [2.45, 2.75) is 13.0 Å². The average Bonchev–Trinajstić information content (AvgIpc) is 2.88. The first-order valence-corrected chi connectivity index (χ1v) is 6.65. The summed E-state index contributed by atoms with van der Waals surface area (Å²) < 4.78 is 0. The molecule has 2 rings (SSSR count). The smallest absolute Gasteiger partial charge is 0.331 e. The molecule has 0 bridgehead atoms. The van der Waals surface area contributed by atoms with Gasteiger partial charge in [-0.15, -0.1) is 11.3 Å². The molecule has 0 aliphatic rings.